The summed E-state index contributed by atoms with van der Waals surface area (Å²) in [5.41, 5.74) is 5.87. The predicted octanol–water partition coefficient (Wildman–Crippen LogP) is 6.25. The second-order valence-electron chi connectivity index (χ2n) is 12.2. The number of aromatic nitrogens is 3. The first-order valence-electron chi connectivity index (χ1n) is 15.2. The molecule has 2 N–H and O–H groups in total. The smallest absolute Gasteiger partial charge is 0.251 e. The molecule has 0 spiro atoms. The van der Waals surface area contributed by atoms with Crippen LogP contribution in [-0.4, -0.2) is 59.0 Å². The zero-order chi connectivity index (χ0) is 32.4. The van der Waals surface area contributed by atoms with Crippen molar-refractivity contribution in [3.05, 3.63) is 77.2 Å². The van der Waals surface area contributed by atoms with Crippen LogP contribution in [0.25, 0.3) is 43.7 Å². The first-order valence-corrected chi connectivity index (χ1v) is 16.1. The lowest BCUT2D eigenvalue weighted by atomic mass is 9.93. The van der Waals surface area contributed by atoms with Gasteiger partial charge in [-0.3, -0.25) is 14.3 Å². The maximum Gasteiger partial charge on any atom is 0.251 e. The van der Waals surface area contributed by atoms with Crippen LogP contribution in [0.5, 0.6) is 5.75 Å². The minimum atomic E-state index is -0.413. The Morgan fingerprint density at radius 1 is 1.09 bits per heavy atom. The van der Waals surface area contributed by atoms with Crippen LogP contribution in [-0.2, 0) is 22.5 Å². The number of thiophene rings is 1. The molecule has 238 valence electrons. The summed E-state index contributed by atoms with van der Waals surface area (Å²) < 4.78 is 28.5. The molecule has 0 saturated carbocycles. The average molecular weight is 642 g/mol. The van der Waals surface area contributed by atoms with Crippen molar-refractivity contribution in [2.45, 2.75) is 45.7 Å². The molecule has 5 aromatic rings. The Bertz CT molecular complexity index is 1930. The highest BCUT2D eigenvalue weighted by Gasteiger charge is 2.24. The number of halogens is 1. The summed E-state index contributed by atoms with van der Waals surface area (Å²) in [5, 5.41) is 13.4. The number of fused-ring (bicyclic) bond motifs is 2. The molecule has 1 aliphatic heterocycles. The highest BCUT2D eigenvalue weighted by molar-refractivity contribution is 7.18. The predicted molar refractivity (Wildman–Crippen MR) is 178 cm³/mol. The van der Waals surface area contributed by atoms with E-state index in [1.54, 1.807) is 35.4 Å². The molecule has 0 radical (unpaired) electrons. The van der Waals surface area contributed by atoms with Gasteiger partial charge in [-0.15, -0.1) is 11.3 Å². The number of benzene rings is 2. The van der Waals surface area contributed by atoms with Crippen LogP contribution in [0, 0.1) is 5.82 Å². The third-order valence-corrected chi connectivity index (χ3v) is 8.59. The Hall–Kier alpha value is -4.61. The van der Waals surface area contributed by atoms with Gasteiger partial charge in [-0.1, -0.05) is 6.07 Å². The number of pyridine rings is 1. The maximum absolute atomic E-state index is 14.6. The molecule has 0 bridgehead atoms. The van der Waals surface area contributed by atoms with E-state index in [1.807, 2.05) is 56.6 Å². The number of amides is 2. The fraction of sp³-hybridized carbons (Fsp3) is 0.314. The van der Waals surface area contributed by atoms with Crippen LogP contribution in [0.3, 0.4) is 0 Å². The SMILES string of the molecule is COCCOc1cc(F)ccc1-c1c(-c2cnn(CCC(=O)NC(C)(C)C)c2)nc(-c2ccc3c(c2)CCNC3=O)c2ccsc12. The second kappa shape index (κ2) is 13.0. The molecule has 0 unspecified atom stereocenters. The fourth-order valence-electron chi connectivity index (χ4n) is 5.64. The highest BCUT2D eigenvalue weighted by Crippen LogP contribution is 2.46. The van der Waals surface area contributed by atoms with Gasteiger partial charge in [0, 0.05) is 82.3 Å². The topological polar surface area (TPSA) is 107 Å². The van der Waals surface area contributed by atoms with E-state index in [4.69, 9.17) is 14.5 Å². The van der Waals surface area contributed by atoms with Gasteiger partial charge in [0.1, 0.15) is 18.2 Å². The van der Waals surface area contributed by atoms with E-state index < -0.39 is 5.82 Å². The minimum absolute atomic E-state index is 0.0593. The molecule has 4 heterocycles. The molecule has 6 rings (SSSR count). The third kappa shape index (κ3) is 6.66. The number of nitrogens with zero attached hydrogens (tertiary/aromatic N) is 3. The van der Waals surface area contributed by atoms with Crippen LogP contribution in [0.4, 0.5) is 4.39 Å². The summed E-state index contributed by atoms with van der Waals surface area (Å²) in [6.45, 7) is 7.41. The molecule has 0 atom stereocenters. The molecule has 11 heteroatoms. The van der Waals surface area contributed by atoms with Crippen LogP contribution in [0.1, 0.15) is 43.1 Å². The number of carbonyl (C=O) groups is 2. The van der Waals surface area contributed by atoms with E-state index in [2.05, 4.69) is 15.7 Å². The summed E-state index contributed by atoms with van der Waals surface area (Å²) in [5.74, 6) is -0.160. The van der Waals surface area contributed by atoms with Crippen molar-refractivity contribution >= 4 is 33.2 Å². The number of methoxy groups -OCH3 is 1. The van der Waals surface area contributed by atoms with Crippen LogP contribution in [0.15, 0.2) is 60.2 Å². The van der Waals surface area contributed by atoms with Crippen LogP contribution >= 0.6 is 11.3 Å². The summed E-state index contributed by atoms with van der Waals surface area (Å²) in [4.78, 5) is 30.2. The fourth-order valence-corrected chi connectivity index (χ4v) is 6.60. The number of ether oxygens (including phenoxy) is 2. The molecule has 9 nitrogen and oxygen atoms in total. The lowest BCUT2D eigenvalue weighted by Gasteiger charge is -2.20. The van der Waals surface area contributed by atoms with Gasteiger partial charge in [0.05, 0.1) is 24.2 Å². The van der Waals surface area contributed by atoms with Gasteiger partial charge in [0.25, 0.3) is 5.91 Å². The Labute approximate surface area is 270 Å². The summed E-state index contributed by atoms with van der Waals surface area (Å²) in [6.07, 6.45) is 4.63. The lowest BCUT2D eigenvalue weighted by Crippen LogP contribution is -2.40. The third-order valence-electron chi connectivity index (χ3n) is 7.66. The molecule has 0 saturated heterocycles. The van der Waals surface area contributed by atoms with Crippen molar-refractivity contribution in [3.8, 4) is 39.4 Å². The maximum atomic E-state index is 14.6. The van der Waals surface area contributed by atoms with E-state index >= 15 is 0 Å². The molecular formula is C35H36FN5O4S. The van der Waals surface area contributed by atoms with Crippen molar-refractivity contribution in [1.82, 2.24) is 25.4 Å². The number of rotatable bonds is 10. The van der Waals surface area contributed by atoms with Gasteiger partial charge in [-0.2, -0.15) is 5.10 Å². The van der Waals surface area contributed by atoms with Gasteiger partial charge in [-0.05, 0) is 68.5 Å². The van der Waals surface area contributed by atoms with Gasteiger partial charge < -0.3 is 20.1 Å². The highest BCUT2D eigenvalue weighted by atomic mass is 32.1. The average Bonchev–Trinajstić information content (AvgIpc) is 3.69. The van der Waals surface area contributed by atoms with Crippen LogP contribution < -0.4 is 15.4 Å². The zero-order valence-electron chi connectivity index (χ0n) is 26.3. The second-order valence-corrected chi connectivity index (χ2v) is 13.2. The number of hydrogen-bond donors (Lipinski definition) is 2. The summed E-state index contributed by atoms with van der Waals surface area (Å²) in [7, 11) is 1.59. The molecular weight excluding hydrogens is 605 g/mol. The Morgan fingerprint density at radius 2 is 1.91 bits per heavy atom. The molecule has 0 aliphatic carbocycles. The van der Waals surface area contributed by atoms with E-state index in [0.29, 0.717) is 42.3 Å². The molecule has 1 aliphatic rings. The first-order chi connectivity index (χ1) is 22.1. The summed E-state index contributed by atoms with van der Waals surface area (Å²) in [6, 6.07) is 12.4. The van der Waals surface area contributed by atoms with Crippen LogP contribution in [0.2, 0.25) is 0 Å². The number of nitrogens with one attached hydrogen (secondary N) is 2. The molecule has 3 aromatic heterocycles. The first kappa shape index (κ1) is 31.4. The molecule has 0 fully saturated rings. The van der Waals surface area contributed by atoms with Crippen molar-refractivity contribution in [2.24, 2.45) is 0 Å². The van der Waals surface area contributed by atoms with Crippen molar-refractivity contribution in [3.63, 3.8) is 0 Å². The number of aryl methyl sites for hydroxylation is 1. The van der Waals surface area contributed by atoms with Gasteiger partial charge in [0.2, 0.25) is 5.91 Å². The Kier molecular flexibility index (Phi) is 8.88. The van der Waals surface area contributed by atoms with E-state index in [0.717, 1.165) is 44.5 Å². The van der Waals surface area contributed by atoms with Gasteiger partial charge >= 0.3 is 0 Å². The molecule has 2 aromatic carbocycles. The van der Waals surface area contributed by atoms with E-state index in [-0.39, 0.29) is 30.4 Å². The monoisotopic (exact) mass is 641 g/mol. The minimum Gasteiger partial charge on any atom is -0.490 e. The largest absolute Gasteiger partial charge is 0.490 e. The van der Waals surface area contributed by atoms with Gasteiger partial charge in [-0.25, -0.2) is 9.37 Å². The quantitative estimate of drug-likeness (QED) is 0.175. The van der Waals surface area contributed by atoms with E-state index in [9.17, 15) is 14.0 Å². The van der Waals surface area contributed by atoms with Crippen molar-refractivity contribution in [1.29, 1.82) is 0 Å². The Balaban J connectivity index is 1.50. The molecule has 46 heavy (non-hydrogen) atoms. The molecule has 2 amide bonds. The van der Waals surface area contributed by atoms with Crippen molar-refractivity contribution in [2.75, 3.05) is 26.9 Å². The number of hydrogen-bond acceptors (Lipinski definition) is 7. The normalized spacial score (nSPS) is 13.0. The summed E-state index contributed by atoms with van der Waals surface area (Å²) >= 11 is 1.56. The zero-order valence-corrected chi connectivity index (χ0v) is 27.1. The van der Waals surface area contributed by atoms with Crippen molar-refractivity contribution < 1.29 is 23.5 Å². The van der Waals surface area contributed by atoms with E-state index in [1.165, 1.54) is 12.1 Å². The Morgan fingerprint density at radius 3 is 2.72 bits per heavy atom. The standard InChI is InChI=1S/C35H36FN5O4S/c1-35(2,3)40-29(42)10-13-41-20-23(19-38-41)32-30(26-8-6-24(36)18-28(26)45-15-14-44-4)33-27(11-16-46-33)31(39-32)22-5-7-25-21(17-22)9-12-37-34(25)43/h5-8,11,16-20H,9-10,12-15H2,1-4H3,(H,37,43)(H,40,42). The lowest BCUT2D eigenvalue weighted by molar-refractivity contribution is -0.122. The van der Waals surface area contributed by atoms with Gasteiger partial charge in [0.15, 0.2) is 0 Å². The number of carbonyl (C=O) groups excluding carboxylic acids is 2.